The molecule has 144 valence electrons. The number of aliphatic hydroxyl groups is 1. The van der Waals surface area contributed by atoms with E-state index < -0.39 is 16.6 Å². The minimum atomic E-state index is -0.593. The Kier molecular flexibility index (Phi) is 6.01. The van der Waals surface area contributed by atoms with Crippen molar-refractivity contribution in [3.8, 4) is 0 Å². The molecule has 1 saturated heterocycles. The van der Waals surface area contributed by atoms with Gasteiger partial charge in [-0.2, -0.15) is 0 Å². The number of carbonyl (C=O) groups is 1. The fourth-order valence-corrected chi connectivity index (χ4v) is 3.09. The minimum absolute atomic E-state index is 0.118. The first kappa shape index (κ1) is 19.9. The van der Waals surface area contributed by atoms with Crippen LogP contribution in [-0.4, -0.2) is 45.8 Å². The SMILES string of the molecule is C[C@@H]1C[C@H](NC(=O)OC(C)(C)C)CN(c2cc(CO)ncc2[N+](=O)[O-])C1. The van der Waals surface area contributed by atoms with Gasteiger partial charge in [0.05, 0.1) is 17.2 Å². The standard InChI is InChI=1S/C17H26N4O5/c1-11-5-12(19-16(23)26-17(2,3)4)9-20(8-11)14-6-13(10-22)18-7-15(14)21(24)25/h6-7,11-12,22H,5,8-10H2,1-4H3,(H,19,23)/t11-,12+/m1/s1. The van der Waals surface area contributed by atoms with Crippen LogP contribution in [0.1, 0.15) is 39.8 Å². The lowest BCUT2D eigenvalue weighted by molar-refractivity contribution is -0.384. The second kappa shape index (κ2) is 7.86. The number of anilines is 1. The molecule has 9 nitrogen and oxygen atoms in total. The molecule has 2 N–H and O–H groups in total. The summed E-state index contributed by atoms with van der Waals surface area (Å²) in [6.07, 6.45) is 1.41. The van der Waals surface area contributed by atoms with Crippen LogP contribution >= 0.6 is 0 Å². The zero-order chi connectivity index (χ0) is 19.5. The van der Waals surface area contributed by atoms with Crippen LogP contribution in [0.3, 0.4) is 0 Å². The Bertz CT molecular complexity index is 674. The predicted molar refractivity (Wildman–Crippen MR) is 96.0 cm³/mol. The van der Waals surface area contributed by atoms with Crippen molar-refractivity contribution in [2.45, 2.75) is 52.4 Å². The van der Waals surface area contributed by atoms with Gasteiger partial charge in [-0.3, -0.25) is 15.1 Å². The molecule has 26 heavy (non-hydrogen) atoms. The molecule has 0 radical (unpaired) electrons. The molecule has 0 spiro atoms. The number of nitro groups is 1. The summed E-state index contributed by atoms with van der Waals surface area (Å²) in [6, 6.07) is 1.33. The zero-order valence-corrected chi connectivity index (χ0v) is 15.6. The summed E-state index contributed by atoms with van der Waals surface area (Å²) in [5, 5.41) is 23.5. The largest absolute Gasteiger partial charge is 0.444 e. The van der Waals surface area contributed by atoms with Crippen LogP contribution in [0.15, 0.2) is 12.3 Å². The number of ether oxygens (including phenoxy) is 1. The molecule has 2 heterocycles. The molecule has 0 unspecified atom stereocenters. The van der Waals surface area contributed by atoms with E-state index in [0.29, 0.717) is 24.5 Å². The minimum Gasteiger partial charge on any atom is -0.444 e. The quantitative estimate of drug-likeness (QED) is 0.619. The molecule has 1 fully saturated rings. The number of alkyl carbamates (subject to hydrolysis) is 1. The molecule has 1 amide bonds. The van der Waals surface area contributed by atoms with Gasteiger partial charge in [-0.05, 0) is 39.2 Å². The number of hydrogen-bond donors (Lipinski definition) is 2. The van der Waals surface area contributed by atoms with Gasteiger partial charge in [-0.25, -0.2) is 4.79 Å². The molecule has 2 atom stereocenters. The highest BCUT2D eigenvalue weighted by Gasteiger charge is 2.31. The molecular formula is C17H26N4O5. The van der Waals surface area contributed by atoms with Crippen molar-refractivity contribution in [1.29, 1.82) is 0 Å². The number of rotatable bonds is 4. The van der Waals surface area contributed by atoms with Gasteiger partial charge in [0.15, 0.2) is 0 Å². The van der Waals surface area contributed by atoms with E-state index >= 15 is 0 Å². The average Bonchev–Trinajstić information content (AvgIpc) is 2.51. The number of hydrogen-bond acceptors (Lipinski definition) is 7. The van der Waals surface area contributed by atoms with E-state index in [9.17, 15) is 20.0 Å². The van der Waals surface area contributed by atoms with Crippen LogP contribution in [0.4, 0.5) is 16.2 Å². The van der Waals surface area contributed by atoms with E-state index in [1.54, 1.807) is 20.8 Å². The second-order valence-corrected chi connectivity index (χ2v) is 7.67. The summed E-state index contributed by atoms with van der Waals surface area (Å²) >= 11 is 0. The van der Waals surface area contributed by atoms with Gasteiger partial charge in [0.1, 0.15) is 17.5 Å². The van der Waals surface area contributed by atoms with Crippen LogP contribution in [0.25, 0.3) is 0 Å². The number of carbonyl (C=O) groups excluding carboxylic acids is 1. The van der Waals surface area contributed by atoms with Crippen molar-refractivity contribution < 1.29 is 19.6 Å². The Morgan fingerprint density at radius 3 is 2.77 bits per heavy atom. The summed E-state index contributed by atoms with van der Waals surface area (Å²) < 4.78 is 5.30. The summed E-state index contributed by atoms with van der Waals surface area (Å²) in [5.41, 5.74) is 0.0497. The van der Waals surface area contributed by atoms with Crippen molar-refractivity contribution in [2.24, 2.45) is 5.92 Å². The monoisotopic (exact) mass is 366 g/mol. The number of nitrogens with zero attached hydrogens (tertiary/aromatic N) is 3. The molecule has 2 rings (SSSR count). The number of amides is 1. The highest BCUT2D eigenvalue weighted by Crippen LogP contribution is 2.31. The Labute approximate surface area is 152 Å². The maximum absolute atomic E-state index is 12.0. The molecule has 0 aromatic carbocycles. The predicted octanol–water partition coefficient (Wildman–Crippen LogP) is 2.22. The van der Waals surface area contributed by atoms with Crippen molar-refractivity contribution in [3.63, 3.8) is 0 Å². The highest BCUT2D eigenvalue weighted by molar-refractivity contribution is 5.68. The number of aliphatic hydroxyl groups excluding tert-OH is 1. The Hall–Kier alpha value is -2.42. The molecule has 9 heteroatoms. The zero-order valence-electron chi connectivity index (χ0n) is 15.6. The van der Waals surface area contributed by atoms with Crippen LogP contribution in [0.2, 0.25) is 0 Å². The molecule has 0 bridgehead atoms. The first-order valence-electron chi connectivity index (χ1n) is 8.57. The summed E-state index contributed by atoms with van der Waals surface area (Å²) in [6.45, 7) is 8.13. The van der Waals surface area contributed by atoms with Crippen molar-refractivity contribution in [1.82, 2.24) is 10.3 Å². The Balaban J connectivity index is 2.20. The maximum atomic E-state index is 12.0. The highest BCUT2D eigenvalue weighted by atomic mass is 16.6. The molecule has 1 aliphatic rings. The molecule has 0 aliphatic carbocycles. The topological polar surface area (TPSA) is 118 Å². The lowest BCUT2D eigenvalue weighted by atomic mass is 9.95. The normalized spacial score (nSPS) is 20.6. The van der Waals surface area contributed by atoms with E-state index in [1.165, 1.54) is 6.07 Å². The van der Waals surface area contributed by atoms with Gasteiger partial charge in [-0.1, -0.05) is 6.92 Å². The molecule has 0 saturated carbocycles. The fraction of sp³-hybridized carbons (Fsp3) is 0.647. The van der Waals surface area contributed by atoms with Gasteiger partial charge in [-0.15, -0.1) is 0 Å². The number of aromatic nitrogens is 1. The van der Waals surface area contributed by atoms with Gasteiger partial charge in [0.2, 0.25) is 0 Å². The van der Waals surface area contributed by atoms with Gasteiger partial charge in [0.25, 0.3) is 0 Å². The summed E-state index contributed by atoms with van der Waals surface area (Å²) in [7, 11) is 0. The van der Waals surface area contributed by atoms with Crippen molar-refractivity contribution in [3.05, 3.63) is 28.1 Å². The maximum Gasteiger partial charge on any atom is 0.407 e. The molecular weight excluding hydrogens is 340 g/mol. The average molecular weight is 366 g/mol. The van der Waals surface area contributed by atoms with Crippen LogP contribution in [0.5, 0.6) is 0 Å². The first-order valence-corrected chi connectivity index (χ1v) is 8.57. The van der Waals surface area contributed by atoms with E-state index in [2.05, 4.69) is 10.3 Å². The summed E-state index contributed by atoms with van der Waals surface area (Å²) in [4.78, 5) is 28.7. The number of pyridine rings is 1. The Morgan fingerprint density at radius 1 is 1.50 bits per heavy atom. The van der Waals surface area contributed by atoms with E-state index in [0.717, 1.165) is 12.6 Å². The van der Waals surface area contributed by atoms with Gasteiger partial charge >= 0.3 is 11.8 Å². The van der Waals surface area contributed by atoms with E-state index in [1.807, 2.05) is 11.8 Å². The van der Waals surface area contributed by atoms with Crippen molar-refractivity contribution in [2.75, 3.05) is 18.0 Å². The third kappa shape index (κ3) is 5.29. The third-order valence-corrected chi connectivity index (χ3v) is 4.00. The smallest absolute Gasteiger partial charge is 0.407 e. The lowest BCUT2D eigenvalue weighted by Gasteiger charge is -2.38. The Morgan fingerprint density at radius 2 is 2.19 bits per heavy atom. The second-order valence-electron chi connectivity index (χ2n) is 7.67. The number of nitrogens with one attached hydrogen (secondary N) is 1. The molecule has 1 aliphatic heterocycles. The molecule has 1 aromatic heterocycles. The van der Waals surface area contributed by atoms with E-state index in [4.69, 9.17) is 4.74 Å². The van der Waals surface area contributed by atoms with Crippen LogP contribution < -0.4 is 10.2 Å². The summed E-state index contributed by atoms with van der Waals surface area (Å²) in [5.74, 6) is 0.217. The molecule has 1 aromatic rings. The number of piperidine rings is 1. The lowest BCUT2D eigenvalue weighted by Crippen LogP contribution is -2.51. The van der Waals surface area contributed by atoms with Crippen molar-refractivity contribution >= 4 is 17.5 Å². The van der Waals surface area contributed by atoms with Crippen LogP contribution in [0, 0.1) is 16.0 Å². The van der Waals surface area contributed by atoms with Gasteiger partial charge < -0.3 is 20.1 Å². The fourth-order valence-electron chi connectivity index (χ4n) is 3.09. The van der Waals surface area contributed by atoms with Gasteiger partial charge in [0, 0.05) is 19.1 Å². The third-order valence-electron chi connectivity index (χ3n) is 4.00. The van der Waals surface area contributed by atoms with E-state index in [-0.39, 0.29) is 24.3 Å². The van der Waals surface area contributed by atoms with Crippen LogP contribution in [-0.2, 0) is 11.3 Å². The first-order chi connectivity index (χ1) is 12.1.